The van der Waals surface area contributed by atoms with Crippen molar-refractivity contribution in [3.63, 3.8) is 0 Å². The molecule has 0 atom stereocenters. The maximum Gasteiger partial charge on any atom is 0.312 e. The molecule has 0 saturated carbocycles. The van der Waals surface area contributed by atoms with Crippen LogP contribution in [0.5, 0.6) is 11.5 Å². The van der Waals surface area contributed by atoms with Gasteiger partial charge in [0.05, 0.1) is 24.8 Å². The molecule has 1 aromatic heterocycles. The second kappa shape index (κ2) is 7.47. The largest absolute Gasteiger partial charge is 0.497 e. The molecule has 8 nitrogen and oxygen atoms in total. The molecule has 1 N–H and O–H groups in total. The van der Waals surface area contributed by atoms with Crippen molar-refractivity contribution in [2.45, 2.75) is 0 Å². The molecule has 8 heteroatoms. The van der Waals surface area contributed by atoms with Crippen LogP contribution in [0.25, 0.3) is 11.3 Å². The third kappa shape index (κ3) is 3.69. The van der Waals surface area contributed by atoms with Crippen molar-refractivity contribution in [3.8, 4) is 22.8 Å². The molecule has 0 aliphatic rings. The van der Waals surface area contributed by atoms with Crippen molar-refractivity contribution >= 4 is 17.2 Å². The van der Waals surface area contributed by atoms with Gasteiger partial charge in [0, 0.05) is 23.4 Å². The normalized spacial score (nSPS) is 10.2. The quantitative estimate of drug-likeness (QED) is 0.532. The molecule has 0 fully saturated rings. The second-order valence-corrected chi connectivity index (χ2v) is 5.29. The van der Waals surface area contributed by atoms with E-state index in [-0.39, 0.29) is 11.4 Å². The Morgan fingerprint density at radius 1 is 1.04 bits per heavy atom. The Hall–Kier alpha value is -3.68. The summed E-state index contributed by atoms with van der Waals surface area (Å²) in [6.45, 7) is 0. The van der Waals surface area contributed by atoms with E-state index in [1.54, 1.807) is 19.2 Å². The van der Waals surface area contributed by atoms with Gasteiger partial charge in [0.25, 0.3) is 0 Å². The van der Waals surface area contributed by atoms with E-state index in [4.69, 9.17) is 9.47 Å². The summed E-state index contributed by atoms with van der Waals surface area (Å²) in [7, 11) is 2.99. The van der Waals surface area contributed by atoms with Crippen LogP contribution < -0.4 is 14.8 Å². The van der Waals surface area contributed by atoms with Gasteiger partial charge in [-0.15, -0.1) is 0 Å². The molecule has 3 aromatic rings. The van der Waals surface area contributed by atoms with Gasteiger partial charge in [0.2, 0.25) is 0 Å². The third-order valence-electron chi connectivity index (χ3n) is 3.68. The smallest absolute Gasteiger partial charge is 0.312 e. The molecule has 0 radical (unpaired) electrons. The number of hydrogen-bond acceptors (Lipinski definition) is 7. The van der Waals surface area contributed by atoms with Crippen LogP contribution in [0, 0.1) is 10.1 Å². The first-order valence-electron chi connectivity index (χ1n) is 7.66. The minimum absolute atomic E-state index is 0.125. The molecule has 2 aromatic carbocycles. The Kier molecular flexibility index (Phi) is 4.93. The lowest BCUT2D eigenvalue weighted by Crippen LogP contribution is -1.98. The van der Waals surface area contributed by atoms with Gasteiger partial charge >= 0.3 is 5.69 Å². The lowest BCUT2D eigenvalue weighted by Gasteiger charge is -2.09. The van der Waals surface area contributed by atoms with Gasteiger partial charge in [-0.05, 0) is 24.3 Å². The highest BCUT2D eigenvalue weighted by Crippen LogP contribution is 2.31. The molecule has 0 aliphatic carbocycles. The Morgan fingerprint density at radius 2 is 1.88 bits per heavy atom. The summed E-state index contributed by atoms with van der Waals surface area (Å²) < 4.78 is 10.2. The summed E-state index contributed by atoms with van der Waals surface area (Å²) in [5.74, 6) is 1.43. The summed E-state index contributed by atoms with van der Waals surface area (Å²) in [6, 6.07) is 13.9. The maximum atomic E-state index is 11.1. The number of methoxy groups -OCH3 is 2. The van der Waals surface area contributed by atoms with E-state index in [2.05, 4.69) is 15.3 Å². The van der Waals surface area contributed by atoms with Crippen molar-refractivity contribution in [1.82, 2.24) is 9.97 Å². The summed E-state index contributed by atoms with van der Waals surface area (Å²) in [5.41, 5.74) is 1.97. The molecule has 0 bridgehead atoms. The van der Waals surface area contributed by atoms with Gasteiger partial charge in [-0.3, -0.25) is 10.1 Å². The minimum Gasteiger partial charge on any atom is -0.497 e. The molecule has 1 heterocycles. The average Bonchev–Trinajstić information content (AvgIpc) is 2.68. The first kappa shape index (κ1) is 17.2. The fourth-order valence-corrected chi connectivity index (χ4v) is 2.42. The second-order valence-electron chi connectivity index (χ2n) is 5.29. The van der Waals surface area contributed by atoms with Crippen LogP contribution in [-0.2, 0) is 0 Å². The number of aromatic nitrogens is 2. The molecule has 132 valence electrons. The first-order valence-corrected chi connectivity index (χ1v) is 7.66. The molecular formula is C18H16N4O4. The molecular weight excluding hydrogens is 336 g/mol. The van der Waals surface area contributed by atoms with Gasteiger partial charge < -0.3 is 14.8 Å². The number of ether oxygens (including phenoxy) is 2. The third-order valence-corrected chi connectivity index (χ3v) is 3.68. The van der Waals surface area contributed by atoms with Crippen LogP contribution in [0.1, 0.15) is 0 Å². The Labute approximate surface area is 149 Å². The van der Waals surface area contributed by atoms with Gasteiger partial charge in [0.1, 0.15) is 17.9 Å². The minimum atomic E-state index is -0.494. The van der Waals surface area contributed by atoms with Crippen LogP contribution in [0.4, 0.5) is 17.2 Å². The van der Waals surface area contributed by atoms with Gasteiger partial charge in [-0.1, -0.05) is 12.1 Å². The van der Waals surface area contributed by atoms with Gasteiger partial charge in [-0.2, -0.15) is 0 Å². The SMILES string of the molecule is COc1cccc(-c2cc(Nc3ccc(OC)c([N+](=O)[O-])c3)ncn2)c1. The molecule has 0 amide bonds. The lowest BCUT2D eigenvalue weighted by molar-refractivity contribution is -0.385. The molecule has 0 saturated heterocycles. The molecule has 0 unspecified atom stereocenters. The van der Waals surface area contributed by atoms with Crippen molar-refractivity contribution in [2.24, 2.45) is 0 Å². The van der Waals surface area contributed by atoms with E-state index in [1.165, 1.54) is 25.6 Å². The van der Waals surface area contributed by atoms with E-state index in [0.717, 1.165) is 11.3 Å². The monoisotopic (exact) mass is 352 g/mol. The van der Waals surface area contributed by atoms with E-state index in [9.17, 15) is 10.1 Å². The molecule has 26 heavy (non-hydrogen) atoms. The van der Waals surface area contributed by atoms with Crippen LogP contribution in [-0.4, -0.2) is 29.1 Å². The van der Waals surface area contributed by atoms with Crippen LogP contribution in [0.3, 0.4) is 0 Å². The fraction of sp³-hybridized carbons (Fsp3) is 0.111. The predicted octanol–water partition coefficient (Wildman–Crippen LogP) is 3.81. The highest BCUT2D eigenvalue weighted by molar-refractivity contribution is 5.68. The van der Waals surface area contributed by atoms with Gasteiger partial charge in [0.15, 0.2) is 5.75 Å². The number of benzene rings is 2. The zero-order chi connectivity index (χ0) is 18.5. The Balaban J connectivity index is 1.89. The van der Waals surface area contributed by atoms with Crippen LogP contribution >= 0.6 is 0 Å². The Bertz CT molecular complexity index is 946. The fourth-order valence-electron chi connectivity index (χ4n) is 2.42. The summed E-state index contributed by atoms with van der Waals surface area (Å²) in [4.78, 5) is 19.1. The zero-order valence-corrected chi connectivity index (χ0v) is 14.2. The number of anilines is 2. The lowest BCUT2D eigenvalue weighted by atomic mass is 10.1. The number of nitrogens with zero attached hydrogens (tertiary/aromatic N) is 3. The molecule has 0 aliphatic heterocycles. The molecule has 0 spiro atoms. The summed E-state index contributed by atoms with van der Waals surface area (Å²) in [5, 5.41) is 14.2. The highest BCUT2D eigenvalue weighted by atomic mass is 16.6. The van der Waals surface area contributed by atoms with Crippen molar-refractivity contribution < 1.29 is 14.4 Å². The standard InChI is InChI=1S/C18H16N4O4/c1-25-14-5-3-4-12(8-14)15-10-18(20-11-19-15)21-13-6-7-17(26-2)16(9-13)22(23)24/h3-11H,1-2H3,(H,19,20,21). The summed E-state index contributed by atoms with van der Waals surface area (Å²) in [6.07, 6.45) is 1.43. The number of hydrogen-bond donors (Lipinski definition) is 1. The Morgan fingerprint density at radius 3 is 2.62 bits per heavy atom. The topological polar surface area (TPSA) is 99.4 Å². The van der Waals surface area contributed by atoms with E-state index >= 15 is 0 Å². The number of nitro groups is 1. The summed E-state index contributed by atoms with van der Waals surface area (Å²) >= 11 is 0. The van der Waals surface area contributed by atoms with E-state index < -0.39 is 4.92 Å². The average molecular weight is 352 g/mol. The molecule has 3 rings (SSSR count). The number of nitro benzene ring substituents is 1. The van der Waals surface area contributed by atoms with Crippen molar-refractivity contribution in [1.29, 1.82) is 0 Å². The number of nitrogens with one attached hydrogen (secondary N) is 1. The van der Waals surface area contributed by atoms with Gasteiger partial charge in [-0.25, -0.2) is 9.97 Å². The van der Waals surface area contributed by atoms with E-state index in [0.29, 0.717) is 17.2 Å². The van der Waals surface area contributed by atoms with E-state index in [1.807, 2.05) is 24.3 Å². The predicted molar refractivity (Wildman–Crippen MR) is 97.0 cm³/mol. The highest BCUT2D eigenvalue weighted by Gasteiger charge is 2.15. The van der Waals surface area contributed by atoms with Crippen LogP contribution in [0.15, 0.2) is 54.9 Å². The number of rotatable bonds is 6. The maximum absolute atomic E-state index is 11.1. The van der Waals surface area contributed by atoms with Crippen molar-refractivity contribution in [3.05, 3.63) is 65.0 Å². The first-order chi connectivity index (χ1) is 12.6. The zero-order valence-electron chi connectivity index (χ0n) is 14.2. The van der Waals surface area contributed by atoms with Crippen molar-refractivity contribution in [2.75, 3.05) is 19.5 Å². The van der Waals surface area contributed by atoms with Crippen LogP contribution in [0.2, 0.25) is 0 Å².